The normalized spacial score (nSPS) is 25.9. The molecule has 2 heterocycles. The molecule has 1 aliphatic rings. The Bertz CT molecular complexity index is 228. The molecule has 0 spiro atoms. The first-order valence-electron chi connectivity index (χ1n) is 4.19. The first-order chi connectivity index (χ1) is 5.88. The predicted octanol–water partition coefficient (Wildman–Crippen LogP) is 0.446. The lowest BCUT2D eigenvalue weighted by Gasteiger charge is -2.14. The van der Waals surface area contributed by atoms with E-state index in [9.17, 15) is 0 Å². The van der Waals surface area contributed by atoms with Crippen molar-refractivity contribution in [1.29, 1.82) is 0 Å². The Morgan fingerprint density at radius 2 is 2.67 bits per heavy atom. The van der Waals surface area contributed by atoms with Gasteiger partial charge in [0.15, 0.2) is 0 Å². The topological polar surface area (TPSA) is 63.9 Å². The van der Waals surface area contributed by atoms with Crippen molar-refractivity contribution in [3.8, 4) is 0 Å². The zero-order valence-corrected chi connectivity index (χ0v) is 6.86. The van der Waals surface area contributed by atoms with Gasteiger partial charge in [-0.3, -0.25) is 0 Å². The van der Waals surface area contributed by atoms with Crippen LogP contribution in [-0.2, 0) is 4.74 Å². The largest absolute Gasteiger partial charge is 0.381 e. The van der Waals surface area contributed by atoms with Gasteiger partial charge in [-0.25, -0.2) is 4.98 Å². The molecule has 1 aliphatic heterocycles. The molecule has 2 rings (SSSR count). The molecular formula is C8H13N3O. The fraction of sp³-hybridized carbons (Fsp3) is 0.625. The van der Waals surface area contributed by atoms with Crippen LogP contribution in [0.5, 0.6) is 0 Å². The van der Waals surface area contributed by atoms with E-state index in [1.807, 2.05) is 0 Å². The minimum Gasteiger partial charge on any atom is -0.381 e. The van der Waals surface area contributed by atoms with Crippen molar-refractivity contribution in [1.82, 2.24) is 9.97 Å². The molecular weight excluding hydrogens is 154 g/mol. The first-order valence-corrected chi connectivity index (χ1v) is 4.19. The Hall–Kier alpha value is -0.870. The first kappa shape index (κ1) is 7.76. The molecule has 2 atom stereocenters. The molecule has 0 aromatic carbocycles. The Morgan fingerprint density at radius 3 is 3.25 bits per heavy atom. The standard InChI is InChI=1S/C8H13N3O/c9-8(6-1-2-12-4-6)7-3-10-5-11-7/h3,5-6,8H,1-2,4,9H2,(H,10,11). The molecule has 0 aliphatic carbocycles. The van der Waals surface area contributed by atoms with E-state index < -0.39 is 0 Å². The molecule has 2 unspecified atom stereocenters. The van der Waals surface area contributed by atoms with Crippen molar-refractivity contribution < 1.29 is 4.74 Å². The lowest BCUT2D eigenvalue weighted by Crippen LogP contribution is -2.21. The second kappa shape index (κ2) is 3.25. The third-order valence-corrected chi connectivity index (χ3v) is 2.35. The van der Waals surface area contributed by atoms with Crippen LogP contribution in [0.15, 0.2) is 12.5 Å². The van der Waals surface area contributed by atoms with Gasteiger partial charge in [0, 0.05) is 18.7 Å². The van der Waals surface area contributed by atoms with Gasteiger partial charge >= 0.3 is 0 Å². The zero-order valence-electron chi connectivity index (χ0n) is 6.86. The maximum atomic E-state index is 5.99. The van der Waals surface area contributed by atoms with E-state index >= 15 is 0 Å². The highest BCUT2D eigenvalue weighted by Gasteiger charge is 2.24. The number of nitrogens with one attached hydrogen (secondary N) is 1. The van der Waals surface area contributed by atoms with Crippen LogP contribution >= 0.6 is 0 Å². The molecule has 1 aromatic rings. The highest BCUT2D eigenvalue weighted by atomic mass is 16.5. The smallest absolute Gasteiger partial charge is 0.0922 e. The SMILES string of the molecule is NC(c1cnc[nH]1)C1CCOC1. The van der Waals surface area contributed by atoms with Crippen molar-refractivity contribution in [3.05, 3.63) is 18.2 Å². The van der Waals surface area contributed by atoms with Gasteiger partial charge in [-0.2, -0.15) is 0 Å². The van der Waals surface area contributed by atoms with Gasteiger partial charge in [-0.15, -0.1) is 0 Å². The van der Waals surface area contributed by atoms with Crippen molar-refractivity contribution in [2.24, 2.45) is 11.7 Å². The van der Waals surface area contributed by atoms with E-state index in [4.69, 9.17) is 10.5 Å². The summed E-state index contributed by atoms with van der Waals surface area (Å²) >= 11 is 0. The molecule has 1 fully saturated rings. The summed E-state index contributed by atoms with van der Waals surface area (Å²) in [5.74, 6) is 0.449. The van der Waals surface area contributed by atoms with E-state index in [2.05, 4.69) is 9.97 Å². The number of nitrogens with two attached hydrogens (primary N) is 1. The van der Waals surface area contributed by atoms with Crippen molar-refractivity contribution in [2.45, 2.75) is 12.5 Å². The van der Waals surface area contributed by atoms with Crippen molar-refractivity contribution in [3.63, 3.8) is 0 Å². The summed E-state index contributed by atoms with van der Waals surface area (Å²) in [4.78, 5) is 6.96. The maximum absolute atomic E-state index is 5.99. The van der Waals surface area contributed by atoms with Crippen LogP contribution in [0.1, 0.15) is 18.2 Å². The van der Waals surface area contributed by atoms with Gasteiger partial charge in [0.05, 0.1) is 24.7 Å². The zero-order chi connectivity index (χ0) is 8.39. The van der Waals surface area contributed by atoms with E-state index in [1.165, 1.54) is 0 Å². The summed E-state index contributed by atoms with van der Waals surface area (Å²) in [7, 11) is 0. The number of rotatable bonds is 2. The lowest BCUT2D eigenvalue weighted by molar-refractivity contribution is 0.180. The van der Waals surface area contributed by atoms with Crippen LogP contribution in [0, 0.1) is 5.92 Å². The van der Waals surface area contributed by atoms with Gasteiger partial charge in [0.2, 0.25) is 0 Å². The highest BCUT2D eigenvalue weighted by molar-refractivity contribution is 5.03. The number of hydrogen-bond acceptors (Lipinski definition) is 3. The molecule has 4 nitrogen and oxygen atoms in total. The summed E-state index contributed by atoms with van der Waals surface area (Å²) in [6.07, 6.45) is 4.49. The second-order valence-corrected chi connectivity index (χ2v) is 3.16. The molecule has 0 amide bonds. The number of H-pyrrole nitrogens is 1. The highest BCUT2D eigenvalue weighted by Crippen LogP contribution is 2.24. The van der Waals surface area contributed by atoms with Crippen molar-refractivity contribution in [2.75, 3.05) is 13.2 Å². The third kappa shape index (κ3) is 1.35. The van der Waals surface area contributed by atoms with Gasteiger partial charge in [-0.05, 0) is 6.42 Å². The molecule has 0 bridgehead atoms. The summed E-state index contributed by atoms with van der Waals surface area (Å²) in [5.41, 5.74) is 7.00. The molecule has 4 heteroatoms. The van der Waals surface area contributed by atoms with Crippen LogP contribution < -0.4 is 5.73 Å². The summed E-state index contributed by atoms with van der Waals surface area (Å²) in [6.45, 7) is 1.62. The molecule has 1 aromatic heterocycles. The molecule has 0 radical (unpaired) electrons. The Kier molecular flexibility index (Phi) is 2.10. The number of aromatic nitrogens is 2. The molecule has 0 saturated carbocycles. The van der Waals surface area contributed by atoms with E-state index in [1.54, 1.807) is 12.5 Å². The minimum atomic E-state index is 0.0509. The summed E-state index contributed by atoms with van der Waals surface area (Å²) < 4.78 is 5.26. The van der Waals surface area contributed by atoms with Gasteiger partial charge in [-0.1, -0.05) is 0 Å². The molecule has 3 N–H and O–H groups in total. The van der Waals surface area contributed by atoms with E-state index in [0.717, 1.165) is 25.3 Å². The van der Waals surface area contributed by atoms with Gasteiger partial charge in [0.25, 0.3) is 0 Å². The Morgan fingerprint density at radius 1 is 1.75 bits per heavy atom. The van der Waals surface area contributed by atoms with E-state index in [0.29, 0.717) is 5.92 Å². The maximum Gasteiger partial charge on any atom is 0.0922 e. The number of aromatic amines is 1. The van der Waals surface area contributed by atoms with Gasteiger partial charge in [0.1, 0.15) is 0 Å². The lowest BCUT2D eigenvalue weighted by atomic mass is 9.98. The summed E-state index contributed by atoms with van der Waals surface area (Å²) in [5, 5.41) is 0. The summed E-state index contributed by atoms with van der Waals surface area (Å²) in [6, 6.07) is 0.0509. The Labute approximate surface area is 71.1 Å². The van der Waals surface area contributed by atoms with Crippen molar-refractivity contribution >= 4 is 0 Å². The van der Waals surface area contributed by atoms with Crippen LogP contribution in [-0.4, -0.2) is 23.2 Å². The quantitative estimate of drug-likeness (QED) is 0.672. The molecule has 1 saturated heterocycles. The number of ether oxygens (including phenoxy) is 1. The number of imidazole rings is 1. The van der Waals surface area contributed by atoms with Crippen LogP contribution in [0.25, 0.3) is 0 Å². The number of hydrogen-bond donors (Lipinski definition) is 2. The Balaban J connectivity index is 2.04. The van der Waals surface area contributed by atoms with Crippen LogP contribution in [0.2, 0.25) is 0 Å². The molecule has 66 valence electrons. The molecule has 12 heavy (non-hydrogen) atoms. The average molecular weight is 167 g/mol. The minimum absolute atomic E-state index is 0.0509. The fourth-order valence-corrected chi connectivity index (χ4v) is 1.54. The predicted molar refractivity (Wildman–Crippen MR) is 44.4 cm³/mol. The second-order valence-electron chi connectivity index (χ2n) is 3.16. The van der Waals surface area contributed by atoms with E-state index in [-0.39, 0.29) is 6.04 Å². The fourth-order valence-electron chi connectivity index (χ4n) is 1.54. The monoisotopic (exact) mass is 167 g/mol. The van der Waals surface area contributed by atoms with Crippen LogP contribution in [0.3, 0.4) is 0 Å². The third-order valence-electron chi connectivity index (χ3n) is 2.35. The number of nitrogens with zero attached hydrogens (tertiary/aromatic N) is 1. The van der Waals surface area contributed by atoms with Crippen LogP contribution in [0.4, 0.5) is 0 Å². The average Bonchev–Trinajstić information content (AvgIpc) is 2.77. The van der Waals surface area contributed by atoms with Gasteiger partial charge < -0.3 is 15.5 Å².